The van der Waals surface area contributed by atoms with Gasteiger partial charge in [-0.2, -0.15) is 0 Å². The number of rotatable bonds is 4. The minimum absolute atomic E-state index is 0. The zero-order chi connectivity index (χ0) is 11.5. The van der Waals surface area contributed by atoms with Crippen LogP contribution in [0.4, 0.5) is 0 Å². The van der Waals surface area contributed by atoms with Gasteiger partial charge in [0.2, 0.25) is 0 Å². The first-order valence-corrected chi connectivity index (χ1v) is 4.07. The average Bonchev–Trinajstić information content (AvgIpc) is 1.96. The van der Waals surface area contributed by atoms with Crippen molar-refractivity contribution in [3.63, 3.8) is 0 Å². The number of carbonyl (C=O) groups excluding carboxylic acids is 4. The molecule has 92 valence electrons. The lowest BCUT2D eigenvalue weighted by Crippen LogP contribution is -2.18. The highest BCUT2D eigenvalue weighted by Crippen LogP contribution is 2.10. The van der Waals surface area contributed by atoms with Crippen molar-refractivity contribution < 1.29 is 19.2 Å². The summed E-state index contributed by atoms with van der Waals surface area (Å²) in [4.78, 5) is 44.2. The number of hydrogen-bond donors (Lipinski definition) is 2. The fourth-order valence-electron chi connectivity index (χ4n) is 1.20. The molecular formula is C10H18N2O4. The average molecular weight is 230 g/mol. The smallest absolute Gasteiger partial charge is 0.164 e. The fourth-order valence-corrected chi connectivity index (χ4v) is 1.20. The van der Waals surface area contributed by atoms with E-state index in [0.29, 0.717) is 0 Å². The molecule has 0 radical (unpaired) electrons. The minimum atomic E-state index is -0.557. The molecule has 0 atom stereocenters. The summed E-state index contributed by atoms with van der Waals surface area (Å²) in [6.07, 6.45) is 0. The first-order chi connectivity index (χ1) is 6.29. The van der Waals surface area contributed by atoms with Gasteiger partial charge in [-0.05, 0) is 27.7 Å². The van der Waals surface area contributed by atoms with Crippen molar-refractivity contribution in [2.24, 2.45) is 0 Å². The molecule has 0 unspecified atom stereocenters. The van der Waals surface area contributed by atoms with Crippen LogP contribution in [0.25, 0.3) is 0 Å². The molecule has 0 aromatic carbocycles. The molecule has 0 heterocycles. The summed E-state index contributed by atoms with van der Waals surface area (Å²) in [5, 5.41) is 0. The SMILES string of the molecule is CC(=O)C(C(C)=O)=C(C(C)=O)C(C)=O.N.N. The number of allylic oxidation sites excluding steroid dienone is 2. The molecule has 0 saturated heterocycles. The van der Waals surface area contributed by atoms with E-state index >= 15 is 0 Å². The Labute approximate surface area is 94.3 Å². The van der Waals surface area contributed by atoms with Crippen molar-refractivity contribution >= 4 is 23.1 Å². The summed E-state index contributed by atoms with van der Waals surface area (Å²) in [6.45, 7) is 4.62. The molecule has 0 saturated carbocycles. The maximum absolute atomic E-state index is 11.1. The molecule has 6 N–H and O–H groups in total. The number of Topliss-reactive ketones (excluding diaryl/α,β-unsaturated/α-hetero) is 4. The van der Waals surface area contributed by atoms with E-state index in [1.165, 1.54) is 0 Å². The van der Waals surface area contributed by atoms with Gasteiger partial charge in [0.1, 0.15) is 0 Å². The van der Waals surface area contributed by atoms with Gasteiger partial charge in [0.25, 0.3) is 0 Å². The summed E-state index contributed by atoms with van der Waals surface area (Å²) in [5.74, 6) is -2.23. The number of carbonyl (C=O) groups is 4. The molecule has 0 aromatic rings. The van der Waals surface area contributed by atoms with Crippen molar-refractivity contribution in [2.45, 2.75) is 27.7 Å². The predicted molar refractivity (Wildman–Crippen MR) is 59.8 cm³/mol. The second kappa shape index (κ2) is 7.61. The quantitative estimate of drug-likeness (QED) is 0.419. The van der Waals surface area contributed by atoms with Crippen LogP contribution in [-0.4, -0.2) is 23.1 Å². The van der Waals surface area contributed by atoms with Crippen LogP contribution < -0.4 is 12.3 Å². The number of hydrogen-bond acceptors (Lipinski definition) is 6. The normalized spacial score (nSPS) is 8.00. The van der Waals surface area contributed by atoms with Gasteiger partial charge in [-0.3, -0.25) is 19.2 Å². The van der Waals surface area contributed by atoms with Gasteiger partial charge < -0.3 is 12.3 Å². The van der Waals surface area contributed by atoms with Gasteiger partial charge in [0, 0.05) is 0 Å². The largest absolute Gasteiger partial charge is 0.344 e. The van der Waals surface area contributed by atoms with Crippen molar-refractivity contribution in [1.29, 1.82) is 0 Å². The van der Waals surface area contributed by atoms with Crippen LogP contribution in [0.15, 0.2) is 11.1 Å². The van der Waals surface area contributed by atoms with Gasteiger partial charge in [-0.1, -0.05) is 0 Å². The molecule has 6 heteroatoms. The zero-order valence-corrected chi connectivity index (χ0v) is 10.0. The molecule has 0 amide bonds. The van der Waals surface area contributed by atoms with Crippen LogP contribution in [0.3, 0.4) is 0 Å². The van der Waals surface area contributed by atoms with E-state index in [1.54, 1.807) is 0 Å². The maximum Gasteiger partial charge on any atom is 0.164 e. The molecule has 6 nitrogen and oxygen atoms in total. The Morgan fingerprint density at radius 1 is 0.500 bits per heavy atom. The Balaban J connectivity index is -0.000000845. The van der Waals surface area contributed by atoms with Gasteiger partial charge in [0.15, 0.2) is 23.1 Å². The van der Waals surface area contributed by atoms with Crippen LogP contribution in [0.5, 0.6) is 0 Å². The topological polar surface area (TPSA) is 138 Å². The van der Waals surface area contributed by atoms with Crippen LogP contribution in [0.2, 0.25) is 0 Å². The second-order valence-electron chi connectivity index (χ2n) is 2.97. The molecule has 0 aliphatic rings. The molecule has 0 rings (SSSR count). The Hall–Kier alpha value is -1.66. The summed E-state index contributed by atoms with van der Waals surface area (Å²) in [5.41, 5.74) is -0.602. The third kappa shape index (κ3) is 4.72. The molecule has 0 spiro atoms. The Morgan fingerprint density at radius 2 is 0.625 bits per heavy atom. The molecule has 0 aromatic heterocycles. The molecule has 0 fully saturated rings. The van der Waals surface area contributed by atoms with Gasteiger partial charge >= 0.3 is 0 Å². The van der Waals surface area contributed by atoms with Crippen LogP contribution in [0.1, 0.15) is 27.7 Å². The Kier molecular flexibility index (Phi) is 9.44. The van der Waals surface area contributed by atoms with Crippen LogP contribution >= 0.6 is 0 Å². The van der Waals surface area contributed by atoms with E-state index in [-0.39, 0.29) is 23.4 Å². The Bertz CT molecular complexity index is 290. The van der Waals surface area contributed by atoms with Crippen LogP contribution in [-0.2, 0) is 19.2 Å². The van der Waals surface area contributed by atoms with Crippen LogP contribution in [0, 0.1) is 0 Å². The monoisotopic (exact) mass is 230 g/mol. The van der Waals surface area contributed by atoms with Crippen molar-refractivity contribution in [2.75, 3.05) is 0 Å². The second-order valence-corrected chi connectivity index (χ2v) is 2.97. The molecular weight excluding hydrogens is 212 g/mol. The van der Waals surface area contributed by atoms with Crippen molar-refractivity contribution in [3.8, 4) is 0 Å². The predicted octanol–water partition coefficient (Wildman–Crippen LogP) is 0.963. The van der Waals surface area contributed by atoms with E-state index in [9.17, 15) is 19.2 Å². The number of ketones is 4. The van der Waals surface area contributed by atoms with Gasteiger partial charge in [0.05, 0.1) is 11.1 Å². The fraction of sp³-hybridized carbons (Fsp3) is 0.400. The Morgan fingerprint density at radius 3 is 0.688 bits per heavy atom. The van der Waals surface area contributed by atoms with Crippen molar-refractivity contribution in [1.82, 2.24) is 12.3 Å². The highest BCUT2D eigenvalue weighted by Gasteiger charge is 2.22. The maximum atomic E-state index is 11.1. The summed E-state index contributed by atoms with van der Waals surface area (Å²) < 4.78 is 0. The van der Waals surface area contributed by atoms with E-state index in [1.807, 2.05) is 0 Å². The molecule has 0 bridgehead atoms. The third-order valence-electron chi connectivity index (χ3n) is 1.66. The minimum Gasteiger partial charge on any atom is -0.344 e. The molecule has 0 aliphatic heterocycles. The van der Waals surface area contributed by atoms with E-state index in [0.717, 1.165) is 27.7 Å². The lowest BCUT2D eigenvalue weighted by Gasteiger charge is -2.04. The zero-order valence-electron chi connectivity index (χ0n) is 10.0. The molecule has 16 heavy (non-hydrogen) atoms. The van der Waals surface area contributed by atoms with Crippen molar-refractivity contribution in [3.05, 3.63) is 11.1 Å². The van der Waals surface area contributed by atoms with Gasteiger partial charge in [-0.25, -0.2) is 0 Å². The molecule has 0 aliphatic carbocycles. The lowest BCUT2D eigenvalue weighted by atomic mass is 9.96. The summed E-state index contributed by atoms with van der Waals surface area (Å²) in [7, 11) is 0. The first kappa shape index (κ1) is 19.8. The highest BCUT2D eigenvalue weighted by molar-refractivity contribution is 6.31. The standard InChI is InChI=1S/C10H12O4.2H3N/c1-5(11)9(6(2)12)10(7(3)13)8(4)14;;/h1-4H3;2*1H3. The van der Waals surface area contributed by atoms with Gasteiger partial charge in [-0.15, -0.1) is 0 Å². The highest BCUT2D eigenvalue weighted by atomic mass is 16.2. The van der Waals surface area contributed by atoms with E-state index in [4.69, 9.17) is 0 Å². The summed E-state index contributed by atoms with van der Waals surface area (Å²) >= 11 is 0. The van der Waals surface area contributed by atoms with E-state index < -0.39 is 23.1 Å². The third-order valence-corrected chi connectivity index (χ3v) is 1.66. The van der Waals surface area contributed by atoms with E-state index in [2.05, 4.69) is 0 Å². The first-order valence-electron chi connectivity index (χ1n) is 4.07. The lowest BCUT2D eigenvalue weighted by molar-refractivity contribution is -0.124. The summed E-state index contributed by atoms with van der Waals surface area (Å²) in [6, 6.07) is 0.